The molecule has 1 aromatic heterocycles. The molecule has 1 heterocycles. The van der Waals surface area contributed by atoms with Crippen LogP contribution in [0.1, 0.15) is 17.3 Å². The molecular formula is C20H19N3O6S. The van der Waals surface area contributed by atoms with Crippen molar-refractivity contribution < 1.29 is 23.9 Å². The molecule has 3 rings (SSSR count). The Hall–Kier alpha value is -3.66. The zero-order chi connectivity index (χ0) is 21.7. The lowest BCUT2D eigenvalue weighted by atomic mass is 10.1. The van der Waals surface area contributed by atoms with E-state index < -0.39 is 10.8 Å². The molecule has 0 saturated carbocycles. The van der Waals surface area contributed by atoms with Gasteiger partial charge in [0.25, 0.3) is 11.6 Å². The highest BCUT2D eigenvalue weighted by Gasteiger charge is 2.25. The van der Waals surface area contributed by atoms with E-state index in [2.05, 4.69) is 10.3 Å². The molecule has 1 amide bonds. The number of nitrogens with one attached hydrogen (secondary N) is 1. The minimum atomic E-state index is -0.666. The van der Waals surface area contributed by atoms with Crippen molar-refractivity contribution >= 4 is 28.1 Å². The number of carbonyl (C=O) groups excluding carboxylic acids is 1. The summed E-state index contributed by atoms with van der Waals surface area (Å²) in [6.45, 7) is 2.07. The number of nitrogens with zero attached hydrogens (tertiary/aromatic N) is 2. The Kier molecular flexibility index (Phi) is 6.48. The van der Waals surface area contributed by atoms with E-state index in [1.165, 1.54) is 30.6 Å². The number of amides is 1. The van der Waals surface area contributed by atoms with Crippen LogP contribution in [-0.2, 0) is 0 Å². The molecule has 1 N–H and O–H groups in total. The van der Waals surface area contributed by atoms with Crippen molar-refractivity contribution in [3.63, 3.8) is 0 Å². The van der Waals surface area contributed by atoms with E-state index in [1.807, 2.05) is 24.3 Å². The van der Waals surface area contributed by atoms with E-state index >= 15 is 0 Å². The van der Waals surface area contributed by atoms with Crippen LogP contribution in [0.3, 0.4) is 0 Å². The standard InChI is InChI=1S/C20H19N3O6S/c1-4-29-18-9-14(16(23(25)26)10-17(18)28-3)19(24)22-20-21-15(11-30-20)12-5-7-13(27-2)8-6-12/h5-11H,4H2,1-3H3,(H,21,22,24). The number of carbonyl (C=O) groups is 1. The molecule has 10 heteroatoms. The molecule has 30 heavy (non-hydrogen) atoms. The van der Waals surface area contributed by atoms with Crippen molar-refractivity contribution in [3.8, 4) is 28.5 Å². The number of nitro groups is 1. The lowest BCUT2D eigenvalue weighted by Crippen LogP contribution is -2.14. The van der Waals surface area contributed by atoms with Gasteiger partial charge >= 0.3 is 0 Å². The predicted octanol–water partition coefficient (Wildman–Crippen LogP) is 4.39. The Bertz CT molecular complexity index is 1060. The van der Waals surface area contributed by atoms with Gasteiger partial charge in [0, 0.05) is 17.0 Å². The van der Waals surface area contributed by atoms with Crippen molar-refractivity contribution in [1.82, 2.24) is 4.98 Å². The monoisotopic (exact) mass is 429 g/mol. The van der Waals surface area contributed by atoms with Crippen molar-refractivity contribution in [2.45, 2.75) is 6.92 Å². The first-order valence-electron chi connectivity index (χ1n) is 8.87. The van der Waals surface area contributed by atoms with Gasteiger partial charge in [-0.15, -0.1) is 11.3 Å². The van der Waals surface area contributed by atoms with Crippen LogP contribution in [0.2, 0.25) is 0 Å². The number of thiazole rings is 1. The van der Waals surface area contributed by atoms with Crippen LogP contribution in [0.15, 0.2) is 41.8 Å². The van der Waals surface area contributed by atoms with Crippen molar-refractivity contribution in [2.75, 3.05) is 26.1 Å². The summed E-state index contributed by atoms with van der Waals surface area (Å²) >= 11 is 1.21. The van der Waals surface area contributed by atoms with Crippen LogP contribution >= 0.6 is 11.3 Å². The summed E-state index contributed by atoms with van der Waals surface area (Å²) in [5, 5.41) is 16.2. The first kappa shape index (κ1) is 21.1. The minimum Gasteiger partial charge on any atom is -0.497 e. The van der Waals surface area contributed by atoms with Crippen molar-refractivity contribution in [1.29, 1.82) is 0 Å². The molecule has 0 aliphatic rings. The van der Waals surface area contributed by atoms with Gasteiger partial charge in [-0.2, -0.15) is 0 Å². The van der Waals surface area contributed by atoms with Crippen LogP contribution < -0.4 is 19.5 Å². The van der Waals surface area contributed by atoms with E-state index in [0.717, 1.165) is 11.3 Å². The van der Waals surface area contributed by atoms with Gasteiger partial charge in [-0.1, -0.05) is 0 Å². The Morgan fingerprint density at radius 3 is 2.50 bits per heavy atom. The lowest BCUT2D eigenvalue weighted by Gasteiger charge is -2.11. The quantitative estimate of drug-likeness (QED) is 0.417. The van der Waals surface area contributed by atoms with E-state index in [0.29, 0.717) is 17.4 Å². The maximum Gasteiger partial charge on any atom is 0.286 e. The van der Waals surface area contributed by atoms with Crippen LogP contribution in [0.5, 0.6) is 17.2 Å². The second kappa shape index (κ2) is 9.23. The number of benzene rings is 2. The molecule has 0 bridgehead atoms. The molecule has 9 nitrogen and oxygen atoms in total. The SMILES string of the molecule is CCOc1cc(C(=O)Nc2nc(-c3ccc(OC)cc3)cs2)c([N+](=O)[O-])cc1OC. The summed E-state index contributed by atoms with van der Waals surface area (Å²) in [5.41, 5.74) is 0.976. The molecule has 0 aliphatic carbocycles. The average molecular weight is 429 g/mol. The van der Waals surface area contributed by atoms with Crippen LogP contribution in [-0.4, -0.2) is 36.6 Å². The number of methoxy groups -OCH3 is 2. The lowest BCUT2D eigenvalue weighted by molar-refractivity contribution is -0.385. The highest BCUT2D eigenvalue weighted by atomic mass is 32.1. The van der Waals surface area contributed by atoms with Crippen LogP contribution in [0.25, 0.3) is 11.3 Å². The zero-order valence-electron chi connectivity index (χ0n) is 16.5. The highest BCUT2D eigenvalue weighted by Crippen LogP contribution is 2.35. The molecule has 3 aromatic rings. The van der Waals surface area contributed by atoms with Gasteiger partial charge in [0.2, 0.25) is 0 Å². The molecule has 0 spiro atoms. The molecule has 0 radical (unpaired) electrons. The number of hydrogen-bond donors (Lipinski definition) is 1. The van der Waals surface area contributed by atoms with Gasteiger partial charge in [-0.05, 0) is 31.2 Å². The number of ether oxygens (including phenoxy) is 3. The smallest absolute Gasteiger partial charge is 0.286 e. The number of anilines is 1. The Balaban J connectivity index is 1.87. The molecule has 156 valence electrons. The average Bonchev–Trinajstić information content (AvgIpc) is 3.22. The van der Waals surface area contributed by atoms with E-state index in [1.54, 1.807) is 19.4 Å². The summed E-state index contributed by atoms with van der Waals surface area (Å²) in [5.74, 6) is 0.477. The third kappa shape index (κ3) is 4.49. The summed E-state index contributed by atoms with van der Waals surface area (Å²) in [6, 6.07) is 9.79. The predicted molar refractivity (Wildman–Crippen MR) is 113 cm³/mol. The second-order valence-electron chi connectivity index (χ2n) is 5.93. The third-order valence-corrected chi connectivity index (χ3v) is 4.89. The van der Waals surface area contributed by atoms with E-state index in [9.17, 15) is 14.9 Å². The number of rotatable bonds is 8. The van der Waals surface area contributed by atoms with Gasteiger partial charge in [-0.3, -0.25) is 20.2 Å². The zero-order valence-corrected chi connectivity index (χ0v) is 17.3. The van der Waals surface area contributed by atoms with Gasteiger partial charge in [0.1, 0.15) is 11.3 Å². The maximum atomic E-state index is 12.8. The number of hydrogen-bond acceptors (Lipinski definition) is 8. The van der Waals surface area contributed by atoms with Gasteiger partial charge in [0.15, 0.2) is 16.6 Å². The second-order valence-corrected chi connectivity index (χ2v) is 6.79. The Morgan fingerprint density at radius 1 is 1.17 bits per heavy atom. The number of nitro benzene ring substituents is 1. The minimum absolute atomic E-state index is 0.148. The molecular weight excluding hydrogens is 410 g/mol. The van der Waals surface area contributed by atoms with Crippen molar-refractivity contribution in [2.24, 2.45) is 0 Å². The Morgan fingerprint density at radius 2 is 1.90 bits per heavy atom. The molecule has 0 fully saturated rings. The maximum absolute atomic E-state index is 12.8. The fourth-order valence-corrected chi connectivity index (χ4v) is 3.41. The largest absolute Gasteiger partial charge is 0.497 e. The van der Waals surface area contributed by atoms with Crippen molar-refractivity contribution in [3.05, 3.63) is 57.5 Å². The van der Waals surface area contributed by atoms with Crippen LogP contribution in [0, 0.1) is 10.1 Å². The van der Waals surface area contributed by atoms with Gasteiger partial charge in [-0.25, -0.2) is 4.98 Å². The first-order chi connectivity index (χ1) is 14.5. The van der Waals surface area contributed by atoms with Gasteiger partial charge < -0.3 is 14.2 Å². The van der Waals surface area contributed by atoms with Gasteiger partial charge in [0.05, 0.1) is 37.5 Å². The molecule has 0 aliphatic heterocycles. The first-order valence-corrected chi connectivity index (χ1v) is 9.75. The molecule has 0 atom stereocenters. The Labute approximate surface area is 176 Å². The van der Waals surface area contributed by atoms with Crippen LogP contribution in [0.4, 0.5) is 10.8 Å². The fourth-order valence-electron chi connectivity index (χ4n) is 2.70. The third-order valence-electron chi connectivity index (χ3n) is 4.13. The molecule has 2 aromatic carbocycles. The normalized spacial score (nSPS) is 10.4. The molecule has 0 unspecified atom stereocenters. The summed E-state index contributed by atoms with van der Waals surface area (Å²) in [6.07, 6.45) is 0. The summed E-state index contributed by atoms with van der Waals surface area (Å²) in [4.78, 5) is 28.0. The summed E-state index contributed by atoms with van der Waals surface area (Å²) < 4.78 is 15.7. The molecule has 0 saturated heterocycles. The summed E-state index contributed by atoms with van der Waals surface area (Å²) in [7, 11) is 2.96. The highest BCUT2D eigenvalue weighted by molar-refractivity contribution is 7.14. The topological polar surface area (TPSA) is 113 Å². The fraction of sp³-hybridized carbons (Fsp3) is 0.200. The van der Waals surface area contributed by atoms with E-state index in [4.69, 9.17) is 14.2 Å². The number of aromatic nitrogens is 1. The van der Waals surface area contributed by atoms with E-state index in [-0.39, 0.29) is 22.7 Å².